The van der Waals surface area contributed by atoms with Crippen molar-refractivity contribution in [3.05, 3.63) is 53.6 Å². The molecule has 0 bridgehead atoms. The Morgan fingerprint density at radius 2 is 1.71 bits per heavy atom. The maximum absolute atomic E-state index is 12.9. The molecule has 184 valence electrons. The second kappa shape index (κ2) is 10.9. The lowest BCUT2D eigenvalue weighted by atomic mass is 10.1. The number of morpholine rings is 1. The van der Waals surface area contributed by atoms with E-state index < -0.39 is 22.6 Å². The van der Waals surface area contributed by atoms with Gasteiger partial charge in [-0.05, 0) is 35.9 Å². The van der Waals surface area contributed by atoms with Crippen molar-refractivity contribution in [3.63, 3.8) is 0 Å². The topological polar surface area (TPSA) is 122 Å². The fourth-order valence-electron chi connectivity index (χ4n) is 3.51. The monoisotopic (exact) mass is 490 g/mol. The van der Waals surface area contributed by atoms with Crippen LogP contribution in [0.25, 0.3) is 0 Å². The van der Waals surface area contributed by atoms with E-state index >= 15 is 0 Å². The van der Waals surface area contributed by atoms with E-state index in [9.17, 15) is 18.0 Å². The summed E-state index contributed by atoms with van der Waals surface area (Å²) in [5.74, 6) is -1.19. The zero-order valence-corrected chi connectivity index (χ0v) is 20.4. The van der Waals surface area contributed by atoms with Crippen molar-refractivity contribution in [1.82, 2.24) is 4.90 Å². The third kappa shape index (κ3) is 6.46. The molecule has 2 aromatic carbocycles. The van der Waals surface area contributed by atoms with E-state index in [1.165, 1.54) is 23.1 Å². The Morgan fingerprint density at radius 3 is 2.29 bits per heavy atom. The van der Waals surface area contributed by atoms with Gasteiger partial charge in [-0.3, -0.25) is 4.79 Å². The van der Waals surface area contributed by atoms with E-state index in [1.54, 1.807) is 7.05 Å². The number of carbonyl (C=O) groups excluding carboxylic acids is 2. The third-order valence-corrected chi connectivity index (χ3v) is 6.40. The van der Waals surface area contributed by atoms with Crippen molar-refractivity contribution in [1.29, 1.82) is 0 Å². The molecule has 0 aliphatic carbocycles. The number of likely N-dealkylation sites (N-methyl/N-ethyl adjacent to an activating group) is 1. The molecular formula is C23H30N4O6S. The zero-order valence-electron chi connectivity index (χ0n) is 19.6. The predicted molar refractivity (Wildman–Crippen MR) is 128 cm³/mol. The first-order valence-corrected chi connectivity index (χ1v) is 12.3. The fourth-order valence-corrected chi connectivity index (χ4v) is 4.05. The number of hydrogen-bond donors (Lipinski definition) is 1. The number of primary sulfonamides is 1. The van der Waals surface area contributed by atoms with Crippen molar-refractivity contribution in [2.24, 2.45) is 5.14 Å². The molecule has 0 aromatic heterocycles. The summed E-state index contributed by atoms with van der Waals surface area (Å²) in [6, 6.07) is 11.8. The van der Waals surface area contributed by atoms with Gasteiger partial charge in [0.25, 0.3) is 5.91 Å². The van der Waals surface area contributed by atoms with Gasteiger partial charge >= 0.3 is 5.97 Å². The highest BCUT2D eigenvalue weighted by atomic mass is 32.2. The minimum atomic E-state index is -4.02. The van der Waals surface area contributed by atoms with Crippen molar-refractivity contribution < 1.29 is 27.5 Å². The molecular weight excluding hydrogens is 460 g/mol. The van der Waals surface area contributed by atoms with Gasteiger partial charge in [0.2, 0.25) is 10.0 Å². The lowest BCUT2D eigenvalue weighted by molar-refractivity contribution is -0.133. The minimum Gasteiger partial charge on any atom is -0.452 e. The Kier molecular flexibility index (Phi) is 8.13. The average Bonchev–Trinajstić information content (AvgIpc) is 2.82. The molecule has 10 nitrogen and oxygen atoms in total. The third-order valence-electron chi connectivity index (χ3n) is 5.49. The van der Waals surface area contributed by atoms with Crippen LogP contribution in [0.4, 0.5) is 11.4 Å². The Hall–Kier alpha value is -3.15. The van der Waals surface area contributed by atoms with Crippen LogP contribution >= 0.6 is 0 Å². The average molecular weight is 491 g/mol. The van der Waals surface area contributed by atoms with Gasteiger partial charge in [0.1, 0.15) is 0 Å². The highest BCUT2D eigenvalue weighted by Crippen LogP contribution is 2.25. The predicted octanol–water partition coefficient (Wildman–Crippen LogP) is 1.05. The van der Waals surface area contributed by atoms with E-state index in [1.807, 2.05) is 48.2 Å². The molecule has 11 heteroatoms. The highest BCUT2D eigenvalue weighted by Gasteiger charge is 2.23. The first-order valence-electron chi connectivity index (χ1n) is 10.7. The maximum Gasteiger partial charge on any atom is 0.340 e. The zero-order chi connectivity index (χ0) is 24.9. The van der Waals surface area contributed by atoms with Gasteiger partial charge in [0.15, 0.2) is 6.61 Å². The molecule has 1 aliphatic rings. The van der Waals surface area contributed by atoms with Crippen LogP contribution in [0, 0.1) is 0 Å². The van der Waals surface area contributed by atoms with Crippen molar-refractivity contribution in [2.75, 3.05) is 63.9 Å². The number of benzene rings is 2. The van der Waals surface area contributed by atoms with Gasteiger partial charge in [-0.15, -0.1) is 0 Å². The largest absolute Gasteiger partial charge is 0.452 e. The molecule has 0 radical (unpaired) electrons. The van der Waals surface area contributed by atoms with Crippen LogP contribution in [0.15, 0.2) is 47.4 Å². The number of anilines is 2. The quantitative estimate of drug-likeness (QED) is 0.545. The Balaban J connectivity index is 1.69. The number of ether oxygens (including phenoxy) is 2. The normalized spacial score (nSPS) is 13.9. The SMILES string of the molecule is CN(Cc1ccc(N(C)C)cc1)C(=O)COC(=O)c1cc(S(N)(=O)=O)ccc1N1CCOCC1. The summed E-state index contributed by atoms with van der Waals surface area (Å²) in [5, 5.41) is 5.24. The van der Waals surface area contributed by atoms with Gasteiger partial charge in [0, 0.05) is 46.5 Å². The second-order valence-corrected chi connectivity index (χ2v) is 9.77. The van der Waals surface area contributed by atoms with Crippen LogP contribution in [0.2, 0.25) is 0 Å². The summed E-state index contributed by atoms with van der Waals surface area (Å²) in [7, 11) is 1.49. The number of hydrogen-bond acceptors (Lipinski definition) is 8. The molecule has 1 saturated heterocycles. The van der Waals surface area contributed by atoms with Crippen LogP contribution in [-0.4, -0.2) is 79.2 Å². The number of nitrogens with two attached hydrogens (primary N) is 1. The first kappa shape index (κ1) is 25.5. The molecule has 2 aromatic rings. The van der Waals surface area contributed by atoms with Gasteiger partial charge in [-0.1, -0.05) is 12.1 Å². The summed E-state index contributed by atoms with van der Waals surface area (Å²) in [6.45, 7) is 1.89. The Labute approximate surface area is 199 Å². The van der Waals surface area contributed by atoms with E-state index in [2.05, 4.69) is 0 Å². The lowest BCUT2D eigenvalue weighted by Crippen LogP contribution is -2.37. The van der Waals surface area contributed by atoms with Crippen LogP contribution in [0.5, 0.6) is 0 Å². The van der Waals surface area contributed by atoms with E-state index in [4.69, 9.17) is 14.6 Å². The Morgan fingerprint density at radius 1 is 1.06 bits per heavy atom. The second-order valence-electron chi connectivity index (χ2n) is 8.21. The summed E-state index contributed by atoms with van der Waals surface area (Å²) in [6.07, 6.45) is 0. The molecule has 1 fully saturated rings. The van der Waals surface area contributed by atoms with Crippen molar-refractivity contribution in [3.8, 4) is 0 Å². The number of esters is 1. The van der Waals surface area contributed by atoms with Gasteiger partial charge in [-0.2, -0.15) is 0 Å². The van der Waals surface area contributed by atoms with Gasteiger partial charge in [-0.25, -0.2) is 18.4 Å². The molecule has 1 heterocycles. The van der Waals surface area contributed by atoms with Gasteiger partial charge in [0.05, 0.1) is 29.4 Å². The van der Waals surface area contributed by atoms with E-state index in [0.717, 1.165) is 11.3 Å². The molecule has 0 unspecified atom stereocenters. The Bertz CT molecular complexity index is 1130. The van der Waals surface area contributed by atoms with Crippen molar-refractivity contribution in [2.45, 2.75) is 11.4 Å². The molecule has 0 spiro atoms. The standard InChI is InChI=1S/C23H30N4O6S/c1-25(2)18-6-4-17(5-7-18)15-26(3)22(28)16-33-23(29)20-14-19(34(24,30)31)8-9-21(20)27-10-12-32-13-11-27/h4-9,14H,10-13,15-16H2,1-3H3,(H2,24,30,31). The molecule has 2 N–H and O–H groups in total. The first-order chi connectivity index (χ1) is 16.1. The minimum absolute atomic E-state index is 0.0307. The van der Waals surface area contributed by atoms with E-state index in [0.29, 0.717) is 38.5 Å². The van der Waals surface area contributed by atoms with Crippen LogP contribution in [0.3, 0.4) is 0 Å². The molecule has 0 atom stereocenters. The van der Waals surface area contributed by atoms with Crippen LogP contribution in [0.1, 0.15) is 15.9 Å². The number of amides is 1. The molecule has 1 aliphatic heterocycles. The molecule has 1 amide bonds. The molecule has 34 heavy (non-hydrogen) atoms. The number of rotatable bonds is 8. The fraction of sp³-hybridized carbons (Fsp3) is 0.391. The van der Waals surface area contributed by atoms with E-state index in [-0.39, 0.29) is 16.4 Å². The molecule has 3 rings (SSSR count). The summed E-state index contributed by atoms with van der Waals surface area (Å²) < 4.78 is 34.2. The van der Waals surface area contributed by atoms with Gasteiger partial charge < -0.3 is 24.2 Å². The lowest BCUT2D eigenvalue weighted by Gasteiger charge is -2.30. The number of sulfonamides is 1. The maximum atomic E-state index is 12.9. The summed E-state index contributed by atoms with van der Waals surface area (Å²) >= 11 is 0. The highest BCUT2D eigenvalue weighted by molar-refractivity contribution is 7.89. The summed E-state index contributed by atoms with van der Waals surface area (Å²) in [5.41, 5.74) is 2.51. The summed E-state index contributed by atoms with van der Waals surface area (Å²) in [4.78, 5) is 30.6. The van der Waals surface area contributed by atoms with Crippen molar-refractivity contribution >= 4 is 33.3 Å². The number of carbonyl (C=O) groups is 2. The number of nitrogens with zero attached hydrogens (tertiary/aromatic N) is 3. The molecule has 0 saturated carbocycles. The smallest absolute Gasteiger partial charge is 0.340 e. The van der Waals surface area contributed by atoms with Crippen LogP contribution < -0.4 is 14.9 Å². The van der Waals surface area contributed by atoms with Crippen LogP contribution in [-0.2, 0) is 30.8 Å².